The summed E-state index contributed by atoms with van der Waals surface area (Å²) in [4.78, 5) is 0.270. The van der Waals surface area contributed by atoms with Gasteiger partial charge in [0.05, 0.1) is 4.90 Å². The van der Waals surface area contributed by atoms with Crippen molar-refractivity contribution in [3.05, 3.63) is 28.3 Å². The summed E-state index contributed by atoms with van der Waals surface area (Å²) in [6.07, 6.45) is 1.77. The average molecular weight is 333 g/mol. The Kier molecular flexibility index (Phi) is 7.13. The highest BCUT2D eigenvalue weighted by molar-refractivity contribution is 7.89. The fourth-order valence-electron chi connectivity index (χ4n) is 1.95. The first-order valence-electron chi connectivity index (χ1n) is 7.30. The summed E-state index contributed by atoms with van der Waals surface area (Å²) in [5.41, 5.74) is 1.66. The average Bonchev–Trinajstić information content (AvgIpc) is 2.39. The highest BCUT2D eigenvalue weighted by Crippen LogP contribution is 2.24. The summed E-state index contributed by atoms with van der Waals surface area (Å²) < 4.78 is 27.4. The summed E-state index contributed by atoms with van der Waals surface area (Å²) in [5, 5.41) is 3.73. The number of benzene rings is 1. The molecule has 21 heavy (non-hydrogen) atoms. The number of unbranched alkanes of at least 4 members (excludes halogenated alkanes) is 1. The first-order chi connectivity index (χ1) is 9.77. The highest BCUT2D eigenvalue weighted by Gasteiger charge is 2.19. The molecule has 0 aromatic heterocycles. The highest BCUT2D eigenvalue weighted by atomic mass is 35.5. The predicted molar refractivity (Wildman–Crippen MR) is 88.3 cm³/mol. The van der Waals surface area contributed by atoms with E-state index in [1.165, 1.54) is 6.07 Å². The SMILES string of the molecule is CCCCNS(=O)(=O)c1cc(Cl)cc(CNC(C)C)c1C. The number of sulfonamides is 1. The maximum Gasteiger partial charge on any atom is 0.240 e. The van der Waals surface area contributed by atoms with Gasteiger partial charge >= 0.3 is 0 Å². The van der Waals surface area contributed by atoms with Crippen molar-refractivity contribution >= 4 is 21.6 Å². The minimum absolute atomic E-state index is 0.270. The summed E-state index contributed by atoms with van der Waals surface area (Å²) >= 11 is 6.08. The van der Waals surface area contributed by atoms with Crippen LogP contribution in [0.1, 0.15) is 44.7 Å². The van der Waals surface area contributed by atoms with Gasteiger partial charge in [0.2, 0.25) is 10.0 Å². The molecule has 0 aliphatic rings. The smallest absolute Gasteiger partial charge is 0.240 e. The van der Waals surface area contributed by atoms with Crippen molar-refractivity contribution < 1.29 is 8.42 Å². The van der Waals surface area contributed by atoms with Gasteiger partial charge in [-0.15, -0.1) is 0 Å². The minimum atomic E-state index is -3.51. The third-order valence-electron chi connectivity index (χ3n) is 3.25. The number of hydrogen-bond acceptors (Lipinski definition) is 3. The lowest BCUT2D eigenvalue weighted by molar-refractivity contribution is 0.575. The Bertz CT molecular complexity index is 571. The first kappa shape index (κ1) is 18.4. The Morgan fingerprint density at radius 2 is 1.95 bits per heavy atom. The molecule has 1 aromatic rings. The molecule has 0 radical (unpaired) electrons. The van der Waals surface area contributed by atoms with E-state index >= 15 is 0 Å². The Labute approximate surface area is 133 Å². The van der Waals surface area contributed by atoms with Gasteiger partial charge in [-0.25, -0.2) is 13.1 Å². The minimum Gasteiger partial charge on any atom is -0.310 e. The van der Waals surface area contributed by atoms with Crippen LogP contribution in [0.5, 0.6) is 0 Å². The van der Waals surface area contributed by atoms with E-state index in [0.29, 0.717) is 24.2 Å². The summed E-state index contributed by atoms with van der Waals surface area (Å²) in [5.74, 6) is 0. The Morgan fingerprint density at radius 3 is 2.52 bits per heavy atom. The fraction of sp³-hybridized carbons (Fsp3) is 0.600. The quantitative estimate of drug-likeness (QED) is 0.719. The molecule has 0 spiro atoms. The largest absolute Gasteiger partial charge is 0.310 e. The topological polar surface area (TPSA) is 58.2 Å². The Hall–Kier alpha value is -0.620. The number of nitrogens with one attached hydrogen (secondary N) is 2. The van der Waals surface area contributed by atoms with Crippen LogP contribution in [0.3, 0.4) is 0 Å². The van der Waals surface area contributed by atoms with Crippen molar-refractivity contribution in [1.82, 2.24) is 10.0 Å². The van der Waals surface area contributed by atoms with Gasteiger partial charge in [0.1, 0.15) is 0 Å². The van der Waals surface area contributed by atoms with Gasteiger partial charge in [0, 0.05) is 24.2 Å². The third-order valence-corrected chi connectivity index (χ3v) is 5.05. The molecule has 0 heterocycles. The maximum atomic E-state index is 12.4. The van der Waals surface area contributed by atoms with Crippen LogP contribution in [0.4, 0.5) is 0 Å². The van der Waals surface area contributed by atoms with Crippen molar-refractivity contribution in [2.75, 3.05) is 6.54 Å². The van der Waals surface area contributed by atoms with Crippen LogP contribution in [0.2, 0.25) is 5.02 Å². The van der Waals surface area contributed by atoms with Crippen molar-refractivity contribution in [3.8, 4) is 0 Å². The van der Waals surface area contributed by atoms with Gasteiger partial charge < -0.3 is 5.32 Å². The molecule has 0 fully saturated rings. The van der Waals surface area contributed by atoms with Gasteiger partial charge in [-0.05, 0) is 36.6 Å². The molecule has 4 nitrogen and oxygen atoms in total. The van der Waals surface area contributed by atoms with Gasteiger partial charge in [0.25, 0.3) is 0 Å². The summed E-state index contributed by atoms with van der Waals surface area (Å²) in [7, 11) is -3.51. The maximum absolute atomic E-state index is 12.4. The molecule has 0 amide bonds. The van der Waals surface area contributed by atoms with Crippen LogP contribution in [-0.4, -0.2) is 21.0 Å². The number of hydrogen-bond donors (Lipinski definition) is 2. The molecule has 2 N–H and O–H groups in total. The van der Waals surface area contributed by atoms with Crippen molar-refractivity contribution in [1.29, 1.82) is 0 Å². The molecule has 0 unspecified atom stereocenters. The van der Waals surface area contributed by atoms with Crippen LogP contribution in [0.25, 0.3) is 0 Å². The van der Waals surface area contributed by atoms with Gasteiger partial charge in [0.15, 0.2) is 0 Å². The van der Waals surface area contributed by atoms with Gasteiger partial charge in [-0.3, -0.25) is 0 Å². The van der Waals surface area contributed by atoms with E-state index in [-0.39, 0.29) is 4.90 Å². The van der Waals surface area contributed by atoms with Crippen LogP contribution in [0, 0.1) is 6.92 Å². The number of halogens is 1. The van der Waals surface area contributed by atoms with Gasteiger partial charge in [-0.1, -0.05) is 38.8 Å². The molecule has 0 bridgehead atoms. The second kappa shape index (κ2) is 8.13. The standard InChI is InChI=1S/C15H25ClN2O2S/c1-5-6-7-18-21(19,20)15-9-14(16)8-13(12(15)4)10-17-11(2)3/h8-9,11,17-18H,5-7,10H2,1-4H3. The zero-order valence-electron chi connectivity index (χ0n) is 13.2. The van der Waals surface area contributed by atoms with Crippen LogP contribution in [0.15, 0.2) is 17.0 Å². The number of rotatable bonds is 8. The van der Waals surface area contributed by atoms with Gasteiger partial charge in [-0.2, -0.15) is 0 Å². The van der Waals surface area contributed by atoms with Crippen molar-refractivity contribution in [2.45, 2.75) is 58.0 Å². The van der Waals surface area contributed by atoms with E-state index in [0.717, 1.165) is 24.0 Å². The lowest BCUT2D eigenvalue weighted by Crippen LogP contribution is -2.27. The molecule has 6 heteroatoms. The predicted octanol–water partition coefficient (Wildman–Crippen LogP) is 3.22. The molecule has 0 saturated heterocycles. The summed E-state index contributed by atoms with van der Waals surface area (Å²) in [6, 6.07) is 3.66. The monoisotopic (exact) mass is 332 g/mol. The Balaban J connectivity index is 3.06. The van der Waals surface area contributed by atoms with E-state index in [1.807, 2.05) is 33.8 Å². The van der Waals surface area contributed by atoms with Crippen molar-refractivity contribution in [3.63, 3.8) is 0 Å². The lowest BCUT2D eigenvalue weighted by Gasteiger charge is -2.15. The summed E-state index contributed by atoms with van der Waals surface area (Å²) in [6.45, 7) is 8.98. The molecule has 0 aliphatic heterocycles. The molecule has 1 rings (SSSR count). The molecular weight excluding hydrogens is 308 g/mol. The zero-order chi connectivity index (χ0) is 16.0. The van der Waals surface area contributed by atoms with E-state index < -0.39 is 10.0 Å². The second-order valence-corrected chi connectivity index (χ2v) is 7.65. The fourth-order valence-corrected chi connectivity index (χ4v) is 3.64. The Morgan fingerprint density at radius 1 is 1.29 bits per heavy atom. The van der Waals surface area contributed by atoms with Crippen LogP contribution >= 0.6 is 11.6 Å². The zero-order valence-corrected chi connectivity index (χ0v) is 14.7. The molecular formula is C15H25ClN2O2S. The molecule has 1 aromatic carbocycles. The normalized spacial score (nSPS) is 12.1. The van der Waals surface area contributed by atoms with Crippen molar-refractivity contribution in [2.24, 2.45) is 0 Å². The van der Waals surface area contributed by atoms with E-state index in [9.17, 15) is 8.42 Å². The molecule has 0 saturated carbocycles. The van der Waals surface area contributed by atoms with E-state index in [4.69, 9.17) is 11.6 Å². The first-order valence-corrected chi connectivity index (χ1v) is 9.16. The molecule has 0 atom stereocenters. The van der Waals surface area contributed by atoms with Crippen LogP contribution in [-0.2, 0) is 16.6 Å². The van der Waals surface area contributed by atoms with E-state index in [2.05, 4.69) is 10.0 Å². The van der Waals surface area contributed by atoms with E-state index in [1.54, 1.807) is 0 Å². The third kappa shape index (κ3) is 5.58. The molecule has 0 aliphatic carbocycles. The second-order valence-electron chi connectivity index (χ2n) is 5.47. The lowest BCUT2D eigenvalue weighted by atomic mass is 10.1. The molecule has 120 valence electrons. The van der Waals surface area contributed by atoms with Crippen LogP contribution < -0.4 is 10.0 Å².